The molecule has 5 nitrogen and oxygen atoms in total. The Kier molecular flexibility index (Phi) is 8.06. The van der Waals surface area contributed by atoms with E-state index in [-0.39, 0.29) is 5.56 Å². The third-order valence-electron chi connectivity index (χ3n) is 4.62. The van der Waals surface area contributed by atoms with E-state index in [4.69, 9.17) is 14.6 Å². The largest absolute Gasteiger partial charge is 0.490 e. The van der Waals surface area contributed by atoms with E-state index < -0.39 is 5.97 Å². The lowest BCUT2D eigenvalue weighted by atomic mass is 10.1. The van der Waals surface area contributed by atoms with Crippen LogP contribution in [0.2, 0.25) is 0 Å². The van der Waals surface area contributed by atoms with Crippen molar-refractivity contribution in [1.29, 1.82) is 0 Å². The molecule has 0 aromatic heterocycles. The van der Waals surface area contributed by atoms with E-state index in [2.05, 4.69) is 46.6 Å². The first-order chi connectivity index (χ1) is 15.0. The van der Waals surface area contributed by atoms with Crippen molar-refractivity contribution >= 4 is 40.5 Å². The normalized spacial score (nSPS) is 10.9. The molecule has 31 heavy (non-hydrogen) atoms. The number of hydrogen-bond donors (Lipinski definition) is 1. The molecule has 0 bridgehead atoms. The molecule has 0 saturated carbocycles. The van der Waals surface area contributed by atoms with Gasteiger partial charge in [-0.3, -0.25) is 4.99 Å². The SMILES string of the molecule is CCOc1cc(C=Nc2ccc(CC)cc2)cc(I)c1OCc1ccc(C(=O)O)cc1. The number of carboxylic acids is 1. The number of carboxylic acid groups (broad SMARTS) is 1. The highest BCUT2D eigenvalue weighted by molar-refractivity contribution is 14.1. The smallest absolute Gasteiger partial charge is 0.335 e. The number of carbonyl (C=O) groups is 1. The van der Waals surface area contributed by atoms with Gasteiger partial charge in [0.25, 0.3) is 0 Å². The second-order valence-corrected chi connectivity index (χ2v) is 7.99. The zero-order chi connectivity index (χ0) is 22.2. The minimum Gasteiger partial charge on any atom is -0.490 e. The molecule has 0 aliphatic heterocycles. The van der Waals surface area contributed by atoms with E-state index >= 15 is 0 Å². The fraction of sp³-hybridized carbons (Fsp3) is 0.200. The Morgan fingerprint density at radius 1 is 1.00 bits per heavy atom. The summed E-state index contributed by atoms with van der Waals surface area (Å²) >= 11 is 2.23. The maximum absolute atomic E-state index is 11.0. The Bertz CT molecular complexity index is 1060. The van der Waals surface area contributed by atoms with Crippen LogP contribution in [0, 0.1) is 3.57 Å². The molecule has 160 valence electrons. The van der Waals surface area contributed by atoms with Gasteiger partial charge >= 0.3 is 5.97 Å². The highest BCUT2D eigenvalue weighted by Crippen LogP contribution is 2.34. The van der Waals surface area contributed by atoms with Crippen LogP contribution >= 0.6 is 22.6 Å². The zero-order valence-corrected chi connectivity index (χ0v) is 19.6. The molecule has 0 spiro atoms. The van der Waals surface area contributed by atoms with E-state index in [0.29, 0.717) is 24.7 Å². The maximum Gasteiger partial charge on any atom is 0.335 e. The number of ether oxygens (including phenoxy) is 2. The summed E-state index contributed by atoms with van der Waals surface area (Å²) in [5.74, 6) is 0.368. The van der Waals surface area contributed by atoms with Crippen LogP contribution in [-0.2, 0) is 13.0 Å². The summed E-state index contributed by atoms with van der Waals surface area (Å²) in [6, 6.07) is 18.7. The molecule has 0 aliphatic rings. The molecule has 3 aromatic carbocycles. The number of benzene rings is 3. The average molecular weight is 529 g/mol. The summed E-state index contributed by atoms with van der Waals surface area (Å²) in [4.78, 5) is 15.6. The molecule has 0 heterocycles. The third kappa shape index (κ3) is 6.30. The van der Waals surface area contributed by atoms with Gasteiger partial charge < -0.3 is 14.6 Å². The van der Waals surface area contributed by atoms with Crippen molar-refractivity contribution in [2.45, 2.75) is 26.9 Å². The predicted molar refractivity (Wildman–Crippen MR) is 131 cm³/mol. The topological polar surface area (TPSA) is 68.1 Å². The Morgan fingerprint density at radius 2 is 1.68 bits per heavy atom. The lowest BCUT2D eigenvalue weighted by molar-refractivity contribution is 0.0697. The summed E-state index contributed by atoms with van der Waals surface area (Å²) in [7, 11) is 0. The van der Waals surface area contributed by atoms with Crippen molar-refractivity contribution < 1.29 is 19.4 Å². The lowest BCUT2D eigenvalue weighted by Crippen LogP contribution is -2.03. The fourth-order valence-electron chi connectivity index (χ4n) is 2.93. The van der Waals surface area contributed by atoms with Crippen LogP contribution < -0.4 is 9.47 Å². The van der Waals surface area contributed by atoms with E-state index in [1.165, 1.54) is 5.56 Å². The Hall–Kier alpha value is -2.87. The molecule has 0 aliphatic carbocycles. The van der Waals surface area contributed by atoms with Gasteiger partial charge in [0.05, 0.1) is 21.4 Å². The monoisotopic (exact) mass is 529 g/mol. The first kappa shape index (κ1) is 22.8. The molecular weight excluding hydrogens is 505 g/mol. The van der Waals surface area contributed by atoms with Crippen molar-refractivity contribution in [3.8, 4) is 11.5 Å². The van der Waals surface area contributed by atoms with Gasteiger partial charge in [0, 0.05) is 6.21 Å². The lowest BCUT2D eigenvalue weighted by Gasteiger charge is -2.15. The second-order valence-electron chi connectivity index (χ2n) is 6.83. The molecule has 6 heteroatoms. The number of halogens is 1. The van der Waals surface area contributed by atoms with Crippen LogP contribution in [0.25, 0.3) is 0 Å². The van der Waals surface area contributed by atoms with Gasteiger partial charge in [-0.25, -0.2) is 4.79 Å². The van der Waals surface area contributed by atoms with Gasteiger partial charge in [0.1, 0.15) is 6.61 Å². The van der Waals surface area contributed by atoms with Crippen molar-refractivity contribution in [2.24, 2.45) is 4.99 Å². The van der Waals surface area contributed by atoms with Crippen LogP contribution in [0.15, 0.2) is 65.7 Å². The van der Waals surface area contributed by atoms with Crippen molar-refractivity contribution in [3.63, 3.8) is 0 Å². The summed E-state index contributed by atoms with van der Waals surface area (Å²) < 4.78 is 12.7. The molecule has 3 aromatic rings. The molecule has 0 radical (unpaired) electrons. The Balaban J connectivity index is 1.77. The van der Waals surface area contributed by atoms with Crippen LogP contribution in [0.4, 0.5) is 5.69 Å². The van der Waals surface area contributed by atoms with Crippen molar-refractivity contribution in [2.75, 3.05) is 6.61 Å². The number of rotatable bonds is 9. The van der Waals surface area contributed by atoms with Crippen molar-refractivity contribution in [3.05, 3.63) is 86.5 Å². The zero-order valence-electron chi connectivity index (χ0n) is 17.5. The van der Waals surface area contributed by atoms with E-state index in [1.54, 1.807) is 24.3 Å². The summed E-state index contributed by atoms with van der Waals surface area (Å²) in [5.41, 5.74) is 4.23. The third-order valence-corrected chi connectivity index (χ3v) is 5.42. The standard InChI is InChI=1S/C25H24INO4/c1-3-17-7-11-21(12-8-17)27-15-19-13-22(26)24(23(14-19)30-4-2)31-16-18-5-9-20(10-6-18)25(28)29/h5-15H,3-4,16H2,1-2H3,(H,28,29). The van der Waals surface area contributed by atoms with Gasteiger partial charge in [0.2, 0.25) is 0 Å². The first-order valence-corrected chi connectivity index (χ1v) is 11.1. The van der Waals surface area contributed by atoms with Crippen LogP contribution in [-0.4, -0.2) is 23.9 Å². The van der Waals surface area contributed by atoms with E-state index in [0.717, 1.165) is 26.8 Å². The van der Waals surface area contributed by atoms with Gasteiger partial charge in [-0.1, -0.05) is 31.2 Å². The van der Waals surface area contributed by atoms with Crippen LogP contribution in [0.5, 0.6) is 11.5 Å². The maximum atomic E-state index is 11.0. The molecule has 0 unspecified atom stereocenters. The van der Waals surface area contributed by atoms with E-state index in [1.807, 2.05) is 37.4 Å². The predicted octanol–water partition coefficient (Wildman–Crippen LogP) is 6.28. The average Bonchev–Trinajstić information content (AvgIpc) is 2.78. The Labute approximate surface area is 195 Å². The van der Waals surface area contributed by atoms with Gasteiger partial charge in [0.15, 0.2) is 11.5 Å². The number of aryl methyl sites for hydroxylation is 1. The molecule has 0 saturated heterocycles. The molecule has 3 rings (SSSR count). The fourth-order valence-corrected chi connectivity index (χ4v) is 3.71. The summed E-state index contributed by atoms with van der Waals surface area (Å²) in [5, 5.41) is 9.02. The van der Waals surface area contributed by atoms with Gasteiger partial charge in [-0.2, -0.15) is 0 Å². The Morgan fingerprint density at radius 3 is 2.29 bits per heavy atom. The molecule has 0 amide bonds. The minimum atomic E-state index is -0.945. The number of nitrogens with zero attached hydrogens (tertiary/aromatic N) is 1. The van der Waals surface area contributed by atoms with Crippen LogP contribution in [0.3, 0.4) is 0 Å². The second kappa shape index (κ2) is 10.9. The van der Waals surface area contributed by atoms with Crippen LogP contribution in [0.1, 0.15) is 40.9 Å². The molecular formula is C25H24INO4. The number of aliphatic imine (C=N–C) groups is 1. The quantitative estimate of drug-likeness (QED) is 0.262. The summed E-state index contributed by atoms with van der Waals surface area (Å²) in [6.45, 7) is 4.88. The van der Waals surface area contributed by atoms with Gasteiger partial charge in [-0.05, 0) is 89.0 Å². The van der Waals surface area contributed by atoms with Crippen molar-refractivity contribution in [1.82, 2.24) is 0 Å². The highest BCUT2D eigenvalue weighted by Gasteiger charge is 2.12. The number of aromatic carboxylic acids is 1. The molecule has 0 fully saturated rings. The number of hydrogen-bond acceptors (Lipinski definition) is 4. The minimum absolute atomic E-state index is 0.251. The highest BCUT2D eigenvalue weighted by atomic mass is 127. The molecule has 1 N–H and O–H groups in total. The first-order valence-electron chi connectivity index (χ1n) is 10.0. The van der Waals surface area contributed by atoms with E-state index in [9.17, 15) is 4.79 Å². The summed E-state index contributed by atoms with van der Waals surface area (Å²) in [6.07, 6.45) is 2.82. The molecule has 0 atom stereocenters. The van der Waals surface area contributed by atoms with Gasteiger partial charge in [-0.15, -0.1) is 0 Å².